The van der Waals surface area contributed by atoms with E-state index >= 15 is 0 Å². The second kappa shape index (κ2) is 6.85. The molecule has 1 aliphatic rings. The van der Waals surface area contributed by atoms with Crippen LogP contribution >= 0.6 is 0 Å². The second-order valence-electron chi connectivity index (χ2n) is 5.82. The molecule has 1 aromatic heterocycles. The molecule has 6 heteroatoms. The van der Waals surface area contributed by atoms with Gasteiger partial charge in [-0.15, -0.1) is 0 Å². The van der Waals surface area contributed by atoms with Gasteiger partial charge in [-0.25, -0.2) is 9.97 Å². The summed E-state index contributed by atoms with van der Waals surface area (Å²) in [5, 5.41) is 0. The fourth-order valence-electron chi connectivity index (χ4n) is 2.88. The van der Waals surface area contributed by atoms with E-state index in [0.29, 0.717) is 5.82 Å². The molecule has 1 atom stereocenters. The largest absolute Gasteiger partial charge is 0.364 e. The van der Waals surface area contributed by atoms with Crippen LogP contribution in [0, 0.1) is 0 Å². The van der Waals surface area contributed by atoms with E-state index in [0.717, 1.165) is 31.7 Å². The molecule has 2 N–H and O–H groups in total. The molecule has 1 saturated heterocycles. The predicted octanol–water partition coefficient (Wildman–Crippen LogP) is 0.912. The molecular formula is C17H21N5O. The number of nitrogens with two attached hydrogens (primary N) is 1. The van der Waals surface area contributed by atoms with Gasteiger partial charge < -0.3 is 10.6 Å². The number of likely N-dealkylation sites (N-methyl/N-ethyl adjacent to an activating group) is 1. The Kier molecular flexibility index (Phi) is 4.64. The monoisotopic (exact) mass is 311 g/mol. The lowest BCUT2D eigenvalue weighted by molar-refractivity contribution is 0.0993. The Bertz CT molecular complexity index is 668. The summed E-state index contributed by atoms with van der Waals surface area (Å²) in [5.74, 6) is 0.0934. The third-order valence-corrected chi connectivity index (χ3v) is 4.19. The number of nitrogens with zero attached hydrogens (tertiary/aromatic N) is 4. The Labute approximate surface area is 135 Å². The molecule has 1 unspecified atom stereocenters. The van der Waals surface area contributed by atoms with Crippen LogP contribution in [0.4, 0.5) is 0 Å². The van der Waals surface area contributed by atoms with Gasteiger partial charge in [0.05, 0.1) is 6.04 Å². The van der Waals surface area contributed by atoms with Gasteiger partial charge in [0.1, 0.15) is 5.69 Å². The van der Waals surface area contributed by atoms with E-state index in [2.05, 4.69) is 38.9 Å². The third kappa shape index (κ3) is 3.55. The lowest BCUT2D eigenvalue weighted by Crippen LogP contribution is -2.46. The highest BCUT2D eigenvalue weighted by molar-refractivity contribution is 5.90. The fraction of sp³-hybridized carbons (Fsp3) is 0.353. The van der Waals surface area contributed by atoms with Crippen molar-refractivity contribution in [1.29, 1.82) is 0 Å². The number of carbonyl (C=O) groups is 1. The highest BCUT2D eigenvalue weighted by Crippen LogP contribution is 2.27. The summed E-state index contributed by atoms with van der Waals surface area (Å²) in [6, 6.07) is 11.6. The van der Waals surface area contributed by atoms with Crippen LogP contribution in [0.25, 0.3) is 0 Å². The summed E-state index contributed by atoms with van der Waals surface area (Å²) in [5.41, 5.74) is 6.75. The van der Waals surface area contributed by atoms with Crippen LogP contribution in [0.5, 0.6) is 0 Å². The van der Waals surface area contributed by atoms with Crippen LogP contribution in [0.3, 0.4) is 0 Å². The topological polar surface area (TPSA) is 75.3 Å². The number of carbonyl (C=O) groups excluding carboxylic acids is 1. The molecule has 120 valence electrons. The summed E-state index contributed by atoms with van der Waals surface area (Å²) < 4.78 is 0. The van der Waals surface area contributed by atoms with Crippen LogP contribution in [-0.4, -0.2) is 58.9 Å². The molecule has 0 bridgehead atoms. The Hall–Kier alpha value is -2.31. The number of hydrogen-bond donors (Lipinski definition) is 1. The van der Waals surface area contributed by atoms with E-state index < -0.39 is 5.91 Å². The smallest absolute Gasteiger partial charge is 0.267 e. The van der Waals surface area contributed by atoms with E-state index in [1.54, 1.807) is 12.3 Å². The summed E-state index contributed by atoms with van der Waals surface area (Å²) in [6.45, 7) is 3.86. The Balaban J connectivity index is 1.98. The zero-order valence-electron chi connectivity index (χ0n) is 13.2. The molecule has 23 heavy (non-hydrogen) atoms. The van der Waals surface area contributed by atoms with E-state index in [4.69, 9.17) is 5.73 Å². The minimum Gasteiger partial charge on any atom is -0.364 e. The number of aromatic nitrogens is 2. The van der Waals surface area contributed by atoms with Crippen molar-refractivity contribution in [2.24, 2.45) is 5.73 Å². The number of piperazine rings is 1. The maximum absolute atomic E-state index is 11.4. The standard InChI is InChI=1S/C17H21N5O/c1-21-9-11-22(12-10-21)15(13-5-3-2-4-6-13)17-19-8-7-14(20-17)16(18)23/h2-8,15H,9-12H2,1H3,(H2,18,23). The van der Waals surface area contributed by atoms with Crippen molar-refractivity contribution < 1.29 is 4.79 Å². The predicted molar refractivity (Wildman–Crippen MR) is 87.9 cm³/mol. The maximum Gasteiger partial charge on any atom is 0.267 e. The van der Waals surface area contributed by atoms with E-state index in [1.807, 2.05) is 18.2 Å². The highest BCUT2D eigenvalue weighted by Gasteiger charge is 2.27. The average Bonchev–Trinajstić information content (AvgIpc) is 2.58. The molecule has 0 saturated carbocycles. The van der Waals surface area contributed by atoms with Crippen LogP contribution < -0.4 is 5.73 Å². The van der Waals surface area contributed by atoms with Crippen molar-refractivity contribution in [2.75, 3.05) is 33.2 Å². The Morgan fingerprint density at radius 3 is 2.48 bits per heavy atom. The van der Waals surface area contributed by atoms with E-state index in [-0.39, 0.29) is 11.7 Å². The summed E-state index contributed by atoms with van der Waals surface area (Å²) >= 11 is 0. The molecule has 2 heterocycles. The number of primary amides is 1. The summed E-state index contributed by atoms with van der Waals surface area (Å²) in [7, 11) is 2.12. The second-order valence-corrected chi connectivity index (χ2v) is 5.82. The molecule has 1 amide bonds. The van der Waals surface area contributed by atoms with Crippen molar-refractivity contribution in [3.05, 3.63) is 59.7 Å². The molecule has 3 rings (SSSR count). The molecule has 0 radical (unpaired) electrons. The number of amides is 1. The first-order valence-corrected chi connectivity index (χ1v) is 7.75. The van der Waals surface area contributed by atoms with E-state index in [1.165, 1.54) is 0 Å². The Morgan fingerprint density at radius 2 is 1.83 bits per heavy atom. The summed E-state index contributed by atoms with van der Waals surface area (Å²) in [6.07, 6.45) is 1.61. The average molecular weight is 311 g/mol. The lowest BCUT2D eigenvalue weighted by atomic mass is 10.0. The van der Waals surface area contributed by atoms with E-state index in [9.17, 15) is 4.79 Å². The molecular weight excluding hydrogens is 290 g/mol. The van der Waals surface area contributed by atoms with Crippen molar-refractivity contribution in [3.8, 4) is 0 Å². The highest BCUT2D eigenvalue weighted by atomic mass is 16.1. The Morgan fingerprint density at radius 1 is 1.13 bits per heavy atom. The van der Waals surface area contributed by atoms with Gasteiger partial charge in [0, 0.05) is 32.4 Å². The first kappa shape index (κ1) is 15.6. The van der Waals surface area contributed by atoms with Crippen molar-refractivity contribution >= 4 is 5.91 Å². The van der Waals surface area contributed by atoms with Crippen molar-refractivity contribution in [1.82, 2.24) is 19.8 Å². The lowest BCUT2D eigenvalue weighted by Gasteiger charge is -2.37. The van der Waals surface area contributed by atoms with Crippen LogP contribution in [0.2, 0.25) is 0 Å². The molecule has 1 aromatic carbocycles. The van der Waals surface area contributed by atoms with Gasteiger partial charge in [-0.3, -0.25) is 9.69 Å². The SMILES string of the molecule is CN1CCN(C(c2ccccc2)c2nccc(C(N)=O)n2)CC1. The zero-order chi connectivity index (χ0) is 16.2. The van der Waals surface area contributed by atoms with Crippen LogP contribution in [0.15, 0.2) is 42.6 Å². The maximum atomic E-state index is 11.4. The fourth-order valence-corrected chi connectivity index (χ4v) is 2.88. The van der Waals surface area contributed by atoms with Gasteiger partial charge in [-0.2, -0.15) is 0 Å². The van der Waals surface area contributed by atoms with Crippen molar-refractivity contribution in [3.63, 3.8) is 0 Å². The van der Waals surface area contributed by atoms with Gasteiger partial charge >= 0.3 is 0 Å². The van der Waals surface area contributed by atoms with Gasteiger partial charge in [0.2, 0.25) is 0 Å². The number of benzene rings is 1. The minimum atomic E-state index is -0.529. The van der Waals surface area contributed by atoms with Gasteiger partial charge in [0.15, 0.2) is 5.82 Å². The first-order chi connectivity index (χ1) is 11.1. The third-order valence-electron chi connectivity index (χ3n) is 4.19. The molecule has 1 aliphatic heterocycles. The first-order valence-electron chi connectivity index (χ1n) is 7.75. The van der Waals surface area contributed by atoms with Crippen molar-refractivity contribution in [2.45, 2.75) is 6.04 Å². The molecule has 2 aromatic rings. The van der Waals surface area contributed by atoms with Crippen LogP contribution in [-0.2, 0) is 0 Å². The minimum absolute atomic E-state index is 0.0656. The molecule has 0 aliphatic carbocycles. The normalized spacial score (nSPS) is 17.8. The van der Waals surface area contributed by atoms with Gasteiger partial charge in [-0.1, -0.05) is 30.3 Å². The quantitative estimate of drug-likeness (QED) is 0.908. The van der Waals surface area contributed by atoms with Crippen LogP contribution in [0.1, 0.15) is 27.9 Å². The molecule has 6 nitrogen and oxygen atoms in total. The zero-order valence-corrected chi connectivity index (χ0v) is 13.2. The van der Waals surface area contributed by atoms with Gasteiger partial charge in [0.25, 0.3) is 5.91 Å². The molecule has 1 fully saturated rings. The van der Waals surface area contributed by atoms with Gasteiger partial charge in [-0.05, 0) is 18.7 Å². The molecule has 0 spiro atoms. The summed E-state index contributed by atoms with van der Waals surface area (Å²) in [4.78, 5) is 24.9. The number of hydrogen-bond acceptors (Lipinski definition) is 5. The number of rotatable bonds is 4.